The van der Waals surface area contributed by atoms with Gasteiger partial charge in [0.05, 0.1) is 18.3 Å². The molecule has 1 aliphatic heterocycles. The third kappa shape index (κ3) is 2.69. The Morgan fingerprint density at radius 1 is 0.909 bits per heavy atom. The van der Waals surface area contributed by atoms with Crippen LogP contribution in [0.5, 0.6) is 5.06 Å². The minimum Gasteiger partial charge on any atom is -0.487 e. The maximum Gasteiger partial charge on any atom is 0.494 e. The van der Waals surface area contributed by atoms with Gasteiger partial charge in [-0.3, -0.25) is 0 Å². The fourth-order valence-corrected chi connectivity index (χ4v) is 3.19. The highest BCUT2D eigenvalue weighted by molar-refractivity contribution is 7.17. The lowest BCUT2D eigenvalue weighted by Crippen LogP contribution is -2.41. The van der Waals surface area contributed by atoms with Crippen LogP contribution in [0, 0.1) is 0 Å². The Hall–Kier alpha value is -1.30. The number of rotatable bonds is 3. The zero-order valence-electron chi connectivity index (χ0n) is 13.7. The van der Waals surface area contributed by atoms with Crippen LogP contribution < -0.4 is 10.2 Å². The van der Waals surface area contributed by atoms with Crippen molar-refractivity contribution in [2.24, 2.45) is 0 Å². The predicted octanol–water partition coefficient (Wildman–Crippen LogP) is 3.72. The first-order valence-corrected chi connectivity index (χ1v) is 8.24. The summed E-state index contributed by atoms with van der Waals surface area (Å²) in [5, 5.41) is 0.921. The molecule has 2 aromatic rings. The van der Waals surface area contributed by atoms with Crippen molar-refractivity contribution in [3.8, 4) is 15.5 Å². The van der Waals surface area contributed by atoms with Gasteiger partial charge in [-0.15, -0.1) is 0 Å². The lowest BCUT2D eigenvalue weighted by atomic mass is 9.79. The molecule has 0 unspecified atom stereocenters. The van der Waals surface area contributed by atoms with Crippen LogP contribution in [0.1, 0.15) is 27.7 Å². The minimum atomic E-state index is -0.308. The fourth-order valence-electron chi connectivity index (χ4n) is 2.37. The second-order valence-electron chi connectivity index (χ2n) is 6.53. The molecule has 0 amide bonds. The van der Waals surface area contributed by atoms with Gasteiger partial charge in [0.2, 0.25) is 0 Å². The van der Waals surface area contributed by atoms with E-state index in [1.807, 2.05) is 6.07 Å². The summed E-state index contributed by atoms with van der Waals surface area (Å²) in [4.78, 5) is 1.19. The summed E-state index contributed by atoms with van der Waals surface area (Å²) >= 11 is 1.64. The van der Waals surface area contributed by atoms with Gasteiger partial charge >= 0.3 is 7.12 Å². The van der Waals surface area contributed by atoms with Crippen molar-refractivity contribution < 1.29 is 14.0 Å². The van der Waals surface area contributed by atoms with Crippen molar-refractivity contribution in [3.05, 3.63) is 36.4 Å². The topological polar surface area (TPSA) is 27.7 Å². The minimum absolute atomic E-state index is 0.308. The van der Waals surface area contributed by atoms with E-state index in [1.54, 1.807) is 18.4 Å². The van der Waals surface area contributed by atoms with Crippen LogP contribution in [0.2, 0.25) is 0 Å². The summed E-state index contributed by atoms with van der Waals surface area (Å²) in [7, 11) is 1.38. The Balaban J connectivity index is 1.81. The van der Waals surface area contributed by atoms with Gasteiger partial charge < -0.3 is 14.0 Å². The summed E-state index contributed by atoms with van der Waals surface area (Å²) in [6.07, 6.45) is 0. The maximum absolute atomic E-state index is 6.08. The third-order valence-corrected chi connectivity index (χ3v) is 5.60. The Morgan fingerprint density at radius 2 is 1.50 bits per heavy atom. The first-order valence-electron chi connectivity index (χ1n) is 7.42. The van der Waals surface area contributed by atoms with Crippen molar-refractivity contribution in [2.45, 2.75) is 38.9 Å². The van der Waals surface area contributed by atoms with Crippen LogP contribution in [-0.2, 0) is 9.31 Å². The molecule has 116 valence electrons. The largest absolute Gasteiger partial charge is 0.494 e. The van der Waals surface area contributed by atoms with E-state index < -0.39 is 0 Å². The molecule has 5 heteroatoms. The normalized spacial score (nSPS) is 19.4. The number of hydrogen-bond acceptors (Lipinski definition) is 4. The Labute approximate surface area is 136 Å². The molecule has 1 aromatic heterocycles. The number of methoxy groups -OCH3 is 1. The van der Waals surface area contributed by atoms with E-state index >= 15 is 0 Å². The molecular formula is C17H21BO3S. The molecule has 1 aromatic carbocycles. The summed E-state index contributed by atoms with van der Waals surface area (Å²) in [5.41, 5.74) is 1.61. The highest BCUT2D eigenvalue weighted by atomic mass is 32.1. The van der Waals surface area contributed by atoms with Gasteiger partial charge in [0.25, 0.3) is 0 Å². The maximum atomic E-state index is 6.08. The molecule has 0 bridgehead atoms. The molecule has 1 fully saturated rings. The van der Waals surface area contributed by atoms with Crippen molar-refractivity contribution in [1.82, 2.24) is 0 Å². The van der Waals surface area contributed by atoms with Gasteiger partial charge in [-0.1, -0.05) is 35.6 Å². The summed E-state index contributed by atoms with van der Waals surface area (Å²) in [6, 6.07) is 12.4. The molecule has 0 saturated carbocycles. The predicted molar refractivity (Wildman–Crippen MR) is 92.0 cm³/mol. The Bertz CT molecular complexity index is 645. The van der Waals surface area contributed by atoms with E-state index in [-0.39, 0.29) is 18.3 Å². The van der Waals surface area contributed by atoms with E-state index in [1.165, 1.54) is 10.4 Å². The van der Waals surface area contributed by atoms with E-state index in [4.69, 9.17) is 14.0 Å². The smallest absolute Gasteiger partial charge is 0.487 e. The molecule has 1 saturated heterocycles. The molecule has 0 N–H and O–H groups in total. The quantitative estimate of drug-likeness (QED) is 0.808. The van der Waals surface area contributed by atoms with Crippen molar-refractivity contribution in [2.75, 3.05) is 7.11 Å². The van der Waals surface area contributed by atoms with E-state index in [9.17, 15) is 0 Å². The van der Waals surface area contributed by atoms with E-state index in [0.717, 1.165) is 10.5 Å². The molecule has 0 atom stereocenters. The molecule has 3 nitrogen and oxygen atoms in total. The van der Waals surface area contributed by atoms with Crippen LogP contribution in [0.25, 0.3) is 10.4 Å². The van der Waals surface area contributed by atoms with Crippen molar-refractivity contribution in [3.63, 3.8) is 0 Å². The first-order chi connectivity index (χ1) is 10.3. The highest BCUT2D eigenvalue weighted by Gasteiger charge is 2.51. The molecule has 22 heavy (non-hydrogen) atoms. The second kappa shape index (κ2) is 5.41. The zero-order valence-corrected chi connectivity index (χ0v) is 14.5. The summed E-state index contributed by atoms with van der Waals surface area (Å²) < 4.78 is 17.4. The van der Waals surface area contributed by atoms with Crippen LogP contribution in [0.4, 0.5) is 0 Å². The standard InChI is InChI=1S/C17H21BO3S/c1-16(2)17(3,4)21-18(20-16)13-8-6-12(7-9-13)14-10-11-15(19-5)22-14/h6-11H,1-5H3. The van der Waals surface area contributed by atoms with Crippen molar-refractivity contribution >= 4 is 23.9 Å². The third-order valence-electron chi connectivity index (χ3n) is 4.50. The van der Waals surface area contributed by atoms with E-state index in [2.05, 4.69) is 58.0 Å². The lowest BCUT2D eigenvalue weighted by molar-refractivity contribution is 0.00578. The average Bonchev–Trinajstić information content (AvgIpc) is 3.02. The number of ether oxygens (including phenoxy) is 1. The van der Waals surface area contributed by atoms with Gasteiger partial charge in [-0.05, 0) is 50.9 Å². The summed E-state index contributed by atoms with van der Waals surface area (Å²) in [5.74, 6) is 0. The monoisotopic (exact) mass is 316 g/mol. The number of benzene rings is 1. The number of hydrogen-bond donors (Lipinski definition) is 0. The molecular weight excluding hydrogens is 295 g/mol. The van der Waals surface area contributed by atoms with Gasteiger partial charge in [-0.25, -0.2) is 0 Å². The first kappa shape index (κ1) is 15.6. The van der Waals surface area contributed by atoms with Crippen molar-refractivity contribution in [1.29, 1.82) is 0 Å². The van der Waals surface area contributed by atoms with E-state index in [0.29, 0.717) is 0 Å². The second-order valence-corrected chi connectivity index (χ2v) is 7.58. The molecule has 3 rings (SSSR count). The average molecular weight is 316 g/mol. The zero-order chi connectivity index (χ0) is 16.0. The molecule has 0 radical (unpaired) electrons. The summed E-state index contributed by atoms with van der Waals surface area (Å²) in [6.45, 7) is 8.27. The lowest BCUT2D eigenvalue weighted by Gasteiger charge is -2.32. The van der Waals surface area contributed by atoms with Crippen LogP contribution in [-0.4, -0.2) is 25.4 Å². The molecule has 2 heterocycles. The van der Waals surface area contributed by atoms with Gasteiger partial charge in [0.1, 0.15) is 0 Å². The number of thiophene rings is 1. The van der Waals surface area contributed by atoms with Crippen LogP contribution in [0.15, 0.2) is 36.4 Å². The fraction of sp³-hybridized carbons (Fsp3) is 0.412. The Kier molecular flexibility index (Phi) is 3.83. The SMILES string of the molecule is COc1ccc(-c2ccc(B3OC(C)(C)C(C)(C)O3)cc2)s1. The molecule has 1 aliphatic rings. The van der Waals surface area contributed by atoms with Crippen LogP contribution >= 0.6 is 11.3 Å². The molecule has 0 aliphatic carbocycles. The van der Waals surface area contributed by atoms with Gasteiger partial charge in [0, 0.05) is 4.88 Å². The molecule has 0 spiro atoms. The highest BCUT2D eigenvalue weighted by Crippen LogP contribution is 2.37. The van der Waals surface area contributed by atoms with Gasteiger partial charge in [0.15, 0.2) is 5.06 Å². The Morgan fingerprint density at radius 3 is 2.00 bits per heavy atom. The van der Waals surface area contributed by atoms with Gasteiger partial charge in [-0.2, -0.15) is 0 Å². The van der Waals surface area contributed by atoms with Crippen LogP contribution in [0.3, 0.4) is 0 Å².